The largest absolute Gasteiger partial charge is 0.330 e. The highest BCUT2D eigenvalue weighted by atomic mass is 14.9. The molecule has 0 heterocycles. The zero-order valence-corrected chi connectivity index (χ0v) is 12.5. The first kappa shape index (κ1) is 16.9. The van der Waals surface area contributed by atoms with Crippen molar-refractivity contribution < 1.29 is 0 Å². The Bertz CT molecular complexity index is 191. The molecule has 0 bridgehead atoms. The van der Waals surface area contributed by atoms with Crippen LogP contribution in [0.4, 0.5) is 0 Å². The zero-order valence-electron chi connectivity index (χ0n) is 12.5. The Morgan fingerprint density at radius 2 is 1.47 bits per heavy atom. The van der Waals surface area contributed by atoms with Crippen LogP contribution in [0.25, 0.3) is 0 Å². The fraction of sp³-hybridized carbons (Fsp3) is 1.00. The van der Waals surface area contributed by atoms with Gasteiger partial charge < -0.3 is 22.1 Å². The molecule has 1 rings (SSSR count). The SMILES string of the molecule is NCCCCCCNCCCNC1CCC(N)CC1. The Hall–Kier alpha value is -0.160. The van der Waals surface area contributed by atoms with E-state index < -0.39 is 0 Å². The number of nitrogens with one attached hydrogen (secondary N) is 2. The van der Waals surface area contributed by atoms with Gasteiger partial charge in [-0.25, -0.2) is 0 Å². The number of nitrogens with two attached hydrogens (primary N) is 2. The number of unbranched alkanes of at least 4 members (excludes halogenated alkanes) is 3. The Kier molecular flexibility index (Phi) is 10.4. The lowest BCUT2D eigenvalue weighted by Gasteiger charge is -2.26. The van der Waals surface area contributed by atoms with Crippen molar-refractivity contribution in [2.75, 3.05) is 26.2 Å². The Morgan fingerprint density at radius 1 is 0.789 bits per heavy atom. The van der Waals surface area contributed by atoms with Crippen molar-refractivity contribution in [3.8, 4) is 0 Å². The lowest BCUT2D eigenvalue weighted by molar-refractivity contribution is 0.341. The first-order chi connectivity index (χ1) is 9.33. The third-order valence-corrected chi connectivity index (χ3v) is 4.04. The Balaban J connectivity index is 1.76. The molecule has 0 aromatic rings. The molecule has 4 nitrogen and oxygen atoms in total. The van der Waals surface area contributed by atoms with Crippen LogP contribution in [0.1, 0.15) is 57.8 Å². The molecule has 114 valence electrons. The fourth-order valence-electron chi connectivity index (χ4n) is 2.72. The highest BCUT2D eigenvalue weighted by Crippen LogP contribution is 2.16. The second-order valence-corrected chi connectivity index (χ2v) is 5.87. The predicted octanol–water partition coefficient (Wildman–Crippen LogP) is 1.34. The molecule has 19 heavy (non-hydrogen) atoms. The van der Waals surface area contributed by atoms with Crippen LogP contribution < -0.4 is 22.1 Å². The van der Waals surface area contributed by atoms with Gasteiger partial charge in [-0.15, -0.1) is 0 Å². The summed E-state index contributed by atoms with van der Waals surface area (Å²) in [6.45, 7) is 4.27. The fourth-order valence-corrected chi connectivity index (χ4v) is 2.72. The second kappa shape index (κ2) is 11.6. The van der Waals surface area contributed by atoms with E-state index in [4.69, 9.17) is 11.5 Å². The third kappa shape index (κ3) is 9.38. The molecule has 0 atom stereocenters. The summed E-state index contributed by atoms with van der Waals surface area (Å²) in [4.78, 5) is 0. The average molecular weight is 270 g/mol. The molecule has 6 N–H and O–H groups in total. The zero-order chi connectivity index (χ0) is 13.8. The molecule has 1 saturated carbocycles. The molecular weight excluding hydrogens is 236 g/mol. The second-order valence-electron chi connectivity index (χ2n) is 5.87. The van der Waals surface area contributed by atoms with E-state index in [0.29, 0.717) is 6.04 Å². The van der Waals surface area contributed by atoms with Crippen molar-refractivity contribution >= 4 is 0 Å². The van der Waals surface area contributed by atoms with Crippen LogP contribution in [-0.2, 0) is 0 Å². The monoisotopic (exact) mass is 270 g/mol. The summed E-state index contributed by atoms with van der Waals surface area (Å²) >= 11 is 0. The molecule has 0 spiro atoms. The van der Waals surface area contributed by atoms with Crippen LogP contribution >= 0.6 is 0 Å². The highest BCUT2D eigenvalue weighted by Gasteiger charge is 2.17. The number of hydrogen-bond donors (Lipinski definition) is 4. The van der Waals surface area contributed by atoms with Gasteiger partial charge in [-0.05, 0) is 71.1 Å². The smallest absolute Gasteiger partial charge is 0.00682 e. The molecule has 1 aliphatic carbocycles. The van der Waals surface area contributed by atoms with Crippen molar-refractivity contribution in [1.29, 1.82) is 0 Å². The van der Waals surface area contributed by atoms with E-state index in [0.717, 1.165) is 32.2 Å². The van der Waals surface area contributed by atoms with Gasteiger partial charge in [0.2, 0.25) is 0 Å². The molecule has 0 radical (unpaired) electrons. The molecule has 1 aliphatic rings. The number of rotatable bonds is 11. The van der Waals surface area contributed by atoms with Crippen molar-refractivity contribution in [2.45, 2.75) is 69.9 Å². The van der Waals surface area contributed by atoms with Crippen molar-refractivity contribution in [3.05, 3.63) is 0 Å². The van der Waals surface area contributed by atoms with Crippen LogP contribution in [-0.4, -0.2) is 38.3 Å². The average Bonchev–Trinajstić information content (AvgIpc) is 2.43. The van der Waals surface area contributed by atoms with Crippen LogP contribution in [0.15, 0.2) is 0 Å². The molecule has 0 saturated heterocycles. The van der Waals surface area contributed by atoms with Gasteiger partial charge in [-0.1, -0.05) is 12.8 Å². The molecule has 1 fully saturated rings. The predicted molar refractivity (Wildman–Crippen MR) is 83.2 cm³/mol. The van der Waals surface area contributed by atoms with Crippen molar-refractivity contribution in [2.24, 2.45) is 11.5 Å². The van der Waals surface area contributed by atoms with Gasteiger partial charge >= 0.3 is 0 Å². The van der Waals surface area contributed by atoms with E-state index >= 15 is 0 Å². The maximum Gasteiger partial charge on any atom is 0.00682 e. The summed E-state index contributed by atoms with van der Waals surface area (Å²) in [6, 6.07) is 1.18. The van der Waals surface area contributed by atoms with E-state index in [1.807, 2.05) is 0 Å². The van der Waals surface area contributed by atoms with E-state index in [-0.39, 0.29) is 0 Å². The summed E-state index contributed by atoms with van der Waals surface area (Å²) < 4.78 is 0. The molecule has 0 unspecified atom stereocenters. The van der Waals surface area contributed by atoms with Crippen LogP contribution in [0.5, 0.6) is 0 Å². The minimum atomic E-state index is 0.457. The van der Waals surface area contributed by atoms with E-state index in [1.165, 1.54) is 57.8 Å². The van der Waals surface area contributed by atoms with Gasteiger partial charge in [0.05, 0.1) is 0 Å². The number of hydrogen-bond acceptors (Lipinski definition) is 4. The Labute approximate surface area is 119 Å². The molecular formula is C15H34N4. The summed E-state index contributed by atoms with van der Waals surface area (Å²) in [5.74, 6) is 0. The highest BCUT2D eigenvalue weighted by molar-refractivity contribution is 4.78. The first-order valence-electron chi connectivity index (χ1n) is 8.22. The quantitative estimate of drug-likeness (QED) is 0.427. The van der Waals surface area contributed by atoms with Crippen molar-refractivity contribution in [3.63, 3.8) is 0 Å². The van der Waals surface area contributed by atoms with E-state index in [2.05, 4.69) is 10.6 Å². The molecule has 0 aromatic heterocycles. The summed E-state index contributed by atoms with van der Waals surface area (Å²) in [7, 11) is 0. The minimum absolute atomic E-state index is 0.457. The lowest BCUT2D eigenvalue weighted by atomic mass is 9.92. The normalized spacial score (nSPS) is 23.7. The van der Waals surface area contributed by atoms with E-state index in [9.17, 15) is 0 Å². The maximum atomic E-state index is 5.91. The third-order valence-electron chi connectivity index (χ3n) is 4.04. The van der Waals surface area contributed by atoms with Gasteiger partial charge in [0, 0.05) is 12.1 Å². The van der Waals surface area contributed by atoms with Gasteiger partial charge in [0.1, 0.15) is 0 Å². The molecule has 0 aromatic carbocycles. The van der Waals surface area contributed by atoms with Crippen molar-refractivity contribution in [1.82, 2.24) is 10.6 Å². The van der Waals surface area contributed by atoms with Gasteiger partial charge in [0.15, 0.2) is 0 Å². The minimum Gasteiger partial charge on any atom is -0.330 e. The first-order valence-corrected chi connectivity index (χ1v) is 8.22. The van der Waals surface area contributed by atoms with Gasteiger partial charge in [-0.2, -0.15) is 0 Å². The summed E-state index contributed by atoms with van der Waals surface area (Å²) in [6.07, 6.45) is 11.2. The summed E-state index contributed by atoms with van der Waals surface area (Å²) in [5, 5.41) is 7.17. The van der Waals surface area contributed by atoms with Crippen LogP contribution in [0, 0.1) is 0 Å². The standard InChI is InChI=1S/C15H34N4/c16-10-3-1-2-4-11-18-12-5-13-19-15-8-6-14(17)7-9-15/h14-15,18-19H,1-13,16-17H2. The van der Waals surface area contributed by atoms with Gasteiger partial charge in [-0.3, -0.25) is 0 Å². The lowest BCUT2D eigenvalue weighted by Crippen LogP contribution is -2.38. The summed E-state index contributed by atoms with van der Waals surface area (Å²) in [5.41, 5.74) is 11.4. The van der Waals surface area contributed by atoms with Gasteiger partial charge in [0.25, 0.3) is 0 Å². The van der Waals surface area contributed by atoms with Crippen LogP contribution in [0.3, 0.4) is 0 Å². The Morgan fingerprint density at radius 3 is 2.21 bits per heavy atom. The topological polar surface area (TPSA) is 76.1 Å². The molecule has 0 amide bonds. The molecule has 0 aliphatic heterocycles. The van der Waals surface area contributed by atoms with E-state index in [1.54, 1.807) is 0 Å². The maximum absolute atomic E-state index is 5.91. The van der Waals surface area contributed by atoms with Crippen LogP contribution in [0.2, 0.25) is 0 Å². The molecule has 4 heteroatoms.